The predicted molar refractivity (Wildman–Crippen MR) is 86.9 cm³/mol. The number of nitrogens with one attached hydrogen (secondary N) is 2. The Balaban J connectivity index is 1.78. The van der Waals surface area contributed by atoms with Gasteiger partial charge in [-0.05, 0) is 38.8 Å². The Morgan fingerprint density at radius 2 is 2.30 bits per heavy atom. The average Bonchev–Trinajstić information content (AvgIpc) is 3.16. The van der Waals surface area contributed by atoms with Gasteiger partial charge in [-0.2, -0.15) is 5.10 Å². The van der Waals surface area contributed by atoms with Crippen LogP contribution in [-0.4, -0.2) is 49.4 Å². The molecule has 2 aromatic rings. The highest BCUT2D eigenvalue weighted by Gasteiger charge is 2.38. The van der Waals surface area contributed by atoms with E-state index in [-0.39, 0.29) is 12.1 Å². The van der Waals surface area contributed by atoms with Crippen LogP contribution >= 0.6 is 0 Å². The lowest BCUT2D eigenvalue weighted by Crippen LogP contribution is -2.49. The zero-order valence-corrected chi connectivity index (χ0v) is 13.3. The van der Waals surface area contributed by atoms with Gasteiger partial charge in [-0.25, -0.2) is 4.79 Å². The minimum absolute atomic E-state index is 0.187. The van der Waals surface area contributed by atoms with E-state index in [1.54, 1.807) is 31.1 Å². The molecule has 0 aromatic carbocycles. The van der Waals surface area contributed by atoms with Gasteiger partial charge in [0.05, 0.1) is 29.2 Å². The molecule has 3 heterocycles. The van der Waals surface area contributed by atoms with Crippen LogP contribution in [0, 0.1) is 0 Å². The molecule has 2 aromatic heterocycles. The Morgan fingerprint density at radius 1 is 1.48 bits per heavy atom. The van der Waals surface area contributed by atoms with E-state index in [1.807, 2.05) is 18.2 Å². The van der Waals surface area contributed by atoms with Gasteiger partial charge in [0, 0.05) is 12.7 Å². The number of urea groups is 1. The van der Waals surface area contributed by atoms with Gasteiger partial charge in [0.25, 0.3) is 0 Å². The fraction of sp³-hybridized carbons (Fsp3) is 0.438. The van der Waals surface area contributed by atoms with Crippen molar-refractivity contribution < 1.29 is 9.90 Å². The molecule has 1 aliphatic heterocycles. The lowest BCUT2D eigenvalue weighted by molar-refractivity contribution is 0.0117. The molecule has 3 N–H and O–H groups in total. The number of H-pyrrole nitrogens is 1. The molecule has 1 unspecified atom stereocenters. The maximum absolute atomic E-state index is 12.6. The molecule has 1 saturated heterocycles. The second kappa shape index (κ2) is 6.00. The number of hydrogen-bond donors (Lipinski definition) is 3. The highest BCUT2D eigenvalue weighted by Crippen LogP contribution is 2.29. The first-order chi connectivity index (χ1) is 11.0. The van der Waals surface area contributed by atoms with E-state index in [9.17, 15) is 9.90 Å². The van der Waals surface area contributed by atoms with E-state index in [0.717, 1.165) is 12.8 Å². The number of pyridine rings is 1. The molecule has 3 rings (SSSR count). The maximum atomic E-state index is 12.6. The summed E-state index contributed by atoms with van der Waals surface area (Å²) in [5.74, 6) is 0. The molecule has 23 heavy (non-hydrogen) atoms. The molecular formula is C16H21N5O2. The molecule has 7 nitrogen and oxygen atoms in total. The number of rotatable bonds is 3. The van der Waals surface area contributed by atoms with Crippen LogP contribution in [0.3, 0.4) is 0 Å². The Hall–Kier alpha value is -2.41. The number of nitrogens with zero attached hydrogens (tertiary/aromatic N) is 3. The van der Waals surface area contributed by atoms with E-state index < -0.39 is 5.60 Å². The maximum Gasteiger partial charge on any atom is 0.322 e. The first-order valence-corrected chi connectivity index (χ1v) is 7.71. The molecule has 7 heteroatoms. The SMILES string of the molecule is CC(C)(O)C1CCCN1C(=O)Nc1cn[nH]c1-c1ccccn1. The van der Waals surface area contributed by atoms with E-state index in [4.69, 9.17) is 0 Å². The highest BCUT2D eigenvalue weighted by atomic mass is 16.3. The minimum Gasteiger partial charge on any atom is -0.388 e. The number of aliphatic hydroxyl groups is 1. The molecule has 0 aliphatic carbocycles. The van der Waals surface area contributed by atoms with Crippen molar-refractivity contribution in [1.29, 1.82) is 0 Å². The highest BCUT2D eigenvalue weighted by molar-refractivity contribution is 5.93. The zero-order chi connectivity index (χ0) is 16.4. The van der Waals surface area contributed by atoms with Gasteiger partial charge in [-0.3, -0.25) is 10.1 Å². The van der Waals surface area contributed by atoms with E-state index in [1.165, 1.54) is 0 Å². The fourth-order valence-electron chi connectivity index (χ4n) is 3.02. The van der Waals surface area contributed by atoms with Crippen molar-refractivity contribution in [3.63, 3.8) is 0 Å². The molecule has 1 aliphatic rings. The predicted octanol–water partition coefficient (Wildman–Crippen LogP) is 2.24. The van der Waals surface area contributed by atoms with Crippen LogP contribution in [0.2, 0.25) is 0 Å². The van der Waals surface area contributed by atoms with Gasteiger partial charge in [0.2, 0.25) is 0 Å². The van der Waals surface area contributed by atoms with Crippen LogP contribution in [-0.2, 0) is 0 Å². The van der Waals surface area contributed by atoms with Gasteiger partial charge in [-0.15, -0.1) is 0 Å². The number of amides is 2. The molecule has 1 atom stereocenters. The first-order valence-electron chi connectivity index (χ1n) is 7.71. The van der Waals surface area contributed by atoms with Gasteiger partial charge in [-0.1, -0.05) is 6.07 Å². The summed E-state index contributed by atoms with van der Waals surface area (Å²) in [6.45, 7) is 4.11. The van der Waals surface area contributed by atoms with Crippen molar-refractivity contribution in [2.24, 2.45) is 0 Å². The van der Waals surface area contributed by atoms with E-state index in [2.05, 4.69) is 20.5 Å². The third-order valence-electron chi connectivity index (χ3n) is 4.13. The number of carbonyl (C=O) groups is 1. The number of hydrogen-bond acceptors (Lipinski definition) is 4. The summed E-state index contributed by atoms with van der Waals surface area (Å²) in [7, 11) is 0. The number of anilines is 1. The second-order valence-electron chi connectivity index (χ2n) is 6.31. The number of carbonyl (C=O) groups excluding carboxylic acids is 1. The average molecular weight is 315 g/mol. The van der Waals surface area contributed by atoms with Crippen LogP contribution in [0.15, 0.2) is 30.6 Å². The number of likely N-dealkylation sites (tertiary alicyclic amines) is 1. The Kier molecular flexibility index (Phi) is 4.04. The summed E-state index contributed by atoms with van der Waals surface area (Å²) >= 11 is 0. The van der Waals surface area contributed by atoms with Crippen molar-refractivity contribution in [1.82, 2.24) is 20.1 Å². The molecule has 1 fully saturated rings. The van der Waals surface area contributed by atoms with Crippen LogP contribution in [0.5, 0.6) is 0 Å². The smallest absolute Gasteiger partial charge is 0.322 e. The number of aromatic amines is 1. The summed E-state index contributed by atoms with van der Waals surface area (Å²) in [6, 6.07) is 5.13. The fourth-order valence-corrected chi connectivity index (χ4v) is 3.02. The first kappa shape index (κ1) is 15.5. The second-order valence-corrected chi connectivity index (χ2v) is 6.31. The van der Waals surface area contributed by atoms with Crippen molar-refractivity contribution in [3.8, 4) is 11.4 Å². The summed E-state index contributed by atoms with van der Waals surface area (Å²) in [5.41, 5.74) is 1.03. The van der Waals surface area contributed by atoms with E-state index >= 15 is 0 Å². The van der Waals surface area contributed by atoms with Crippen LogP contribution < -0.4 is 5.32 Å². The van der Waals surface area contributed by atoms with Gasteiger partial charge >= 0.3 is 6.03 Å². The van der Waals surface area contributed by atoms with Crippen molar-refractivity contribution in [2.75, 3.05) is 11.9 Å². The Labute approximate surface area is 134 Å². The summed E-state index contributed by atoms with van der Waals surface area (Å²) < 4.78 is 0. The molecule has 0 spiro atoms. The van der Waals surface area contributed by atoms with Gasteiger partial charge in [0.1, 0.15) is 5.69 Å². The molecule has 0 saturated carbocycles. The lowest BCUT2D eigenvalue weighted by atomic mass is 9.97. The number of aromatic nitrogens is 3. The lowest BCUT2D eigenvalue weighted by Gasteiger charge is -2.33. The van der Waals surface area contributed by atoms with Crippen LogP contribution in [0.4, 0.5) is 10.5 Å². The van der Waals surface area contributed by atoms with Gasteiger partial charge in [0.15, 0.2) is 0 Å². The standard InChI is InChI=1S/C16H21N5O2/c1-16(2,23)13-7-5-9-21(13)15(22)19-12-10-18-20-14(12)11-6-3-4-8-17-11/h3-4,6,8,10,13,23H,5,7,9H2,1-2H3,(H,18,20)(H,19,22). The van der Waals surface area contributed by atoms with Crippen LogP contribution in [0.25, 0.3) is 11.4 Å². The monoisotopic (exact) mass is 315 g/mol. The summed E-state index contributed by atoms with van der Waals surface area (Å²) in [6.07, 6.45) is 4.94. The molecule has 0 bridgehead atoms. The third-order valence-corrected chi connectivity index (χ3v) is 4.13. The molecule has 122 valence electrons. The molecule has 0 radical (unpaired) electrons. The van der Waals surface area contributed by atoms with Gasteiger partial charge < -0.3 is 15.3 Å². The van der Waals surface area contributed by atoms with E-state index in [0.29, 0.717) is 23.6 Å². The topological polar surface area (TPSA) is 94.1 Å². The van der Waals surface area contributed by atoms with Crippen LogP contribution in [0.1, 0.15) is 26.7 Å². The Bertz CT molecular complexity index is 677. The van der Waals surface area contributed by atoms with Crippen molar-refractivity contribution in [2.45, 2.75) is 38.3 Å². The summed E-state index contributed by atoms with van der Waals surface area (Å²) in [5, 5.41) is 20.0. The van der Waals surface area contributed by atoms with Crippen molar-refractivity contribution >= 4 is 11.7 Å². The molecule has 2 amide bonds. The largest absolute Gasteiger partial charge is 0.388 e. The Morgan fingerprint density at radius 3 is 3.00 bits per heavy atom. The van der Waals surface area contributed by atoms with Crippen molar-refractivity contribution in [3.05, 3.63) is 30.6 Å². The minimum atomic E-state index is -0.923. The molecular weight excluding hydrogens is 294 g/mol. The summed E-state index contributed by atoms with van der Waals surface area (Å²) in [4.78, 5) is 18.5. The quantitative estimate of drug-likeness (QED) is 0.809. The third kappa shape index (κ3) is 3.19. The zero-order valence-electron chi connectivity index (χ0n) is 13.3. The normalized spacial score (nSPS) is 18.2.